The fraction of sp³-hybridized carbons (Fsp3) is 0.854. The lowest BCUT2D eigenvalue weighted by Gasteiger charge is -2.39. The third kappa shape index (κ3) is 24.1. The first kappa shape index (κ1) is 48.5. The van der Waals surface area contributed by atoms with Gasteiger partial charge >= 0.3 is 6.09 Å². The van der Waals surface area contributed by atoms with Crippen molar-refractivity contribution in [2.45, 2.75) is 218 Å². The van der Waals surface area contributed by atoms with Crippen molar-refractivity contribution in [1.82, 2.24) is 9.80 Å². The Morgan fingerprint density at radius 3 is 1.54 bits per heavy atom. The maximum Gasteiger partial charge on any atom is 0.409 e. The molecule has 2 aliphatic heterocycles. The number of hydrogen-bond donors (Lipinski definition) is 0. The standard InChI is InChI=1S/C48H88N2O4/c1-5-7-9-11-13-15-17-19-21-23-25-27-29-31-33-35-37-48(38-36-34-32-30-28-26-24-22-20-18-16-14-12-10-8-6-2)53-45-47(54-48)39-41-50(42-40-47)46(51)52-44-43-49(3)4/h13,15,19-22H,5-12,14,16-18,23-45H2,1-4H3/b15-13-,21-19-,22-20-. The van der Waals surface area contributed by atoms with Crippen LogP contribution in [0.15, 0.2) is 36.5 Å². The van der Waals surface area contributed by atoms with Crippen LogP contribution in [0.5, 0.6) is 0 Å². The molecule has 0 aliphatic carbocycles. The van der Waals surface area contributed by atoms with Gasteiger partial charge in [-0.15, -0.1) is 0 Å². The molecule has 2 saturated heterocycles. The minimum absolute atomic E-state index is 0.192. The van der Waals surface area contributed by atoms with E-state index in [-0.39, 0.29) is 11.7 Å². The number of likely N-dealkylation sites (N-methyl/N-ethyl adjacent to an activating group) is 1. The number of carbonyl (C=O) groups excluding carboxylic acids is 1. The molecule has 314 valence electrons. The van der Waals surface area contributed by atoms with Crippen molar-refractivity contribution in [3.05, 3.63) is 36.5 Å². The van der Waals surface area contributed by atoms with Crippen LogP contribution in [-0.2, 0) is 14.2 Å². The number of amides is 1. The Bertz CT molecular complexity index is 970. The fourth-order valence-electron chi connectivity index (χ4n) is 7.86. The first-order chi connectivity index (χ1) is 26.4. The molecule has 0 saturated carbocycles. The maximum absolute atomic E-state index is 12.7. The number of piperidine rings is 1. The molecule has 0 aromatic heterocycles. The number of carbonyl (C=O) groups is 1. The van der Waals surface area contributed by atoms with Crippen molar-refractivity contribution in [1.29, 1.82) is 0 Å². The lowest BCUT2D eigenvalue weighted by molar-refractivity contribution is -0.203. The van der Waals surface area contributed by atoms with Gasteiger partial charge in [-0.25, -0.2) is 4.79 Å². The summed E-state index contributed by atoms with van der Waals surface area (Å²) >= 11 is 0. The Morgan fingerprint density at radius 2 is 1.04 bits per heavy atom. The van der Waals surface area contributed by atoms with Gasteiger partial charge in [0.1, 0.15) is 6.61 Å². The molecule has 54 heavy (non-hydrogen) atoms. The summed E-state index contributed by atoms with van der Waals surface area (Å²) in [5.41, 5.74) is -0.263. The van der Waals surface area contributed by atoms with E-state index in [0.29, 0.717) is 26.3 Å². The molecule has 0 radical (unpaired) electrons. The summed E-state index contributed by atoms with van der Waals surface area (Å²) in [6, 6.07) is 0. The Kier molecular flexibility index (Phi) is 29.2. The molecule has 2 fully saturated rings. The largest absolute Gasteiger partial charge is 0.448 e. The number of hydrogen-bond acceptors (Lipinski definition) is 5. The third-order valence-electron chi connectivity index (χ3n) is 11.5. The predicted molar refractivity (Wildman–Crippen MR) is 231 cm³/mol. The molecule has 0 aromatic rings. The van der Waals surface area contributed by atoms with Gasteiger partial charge in [0.05, 0.1) is 12.2 Å². The molecule has 2 rings (SSSR count). The van der Waals surface area contributed by atoms with Crippen LogP contribution in [0.2, 0.25) is 0 Å². The normalized spacial score (nSPS) is 18.8. The highest BCUT2D eigenvalue weighted by molar-refractivity contribution is 5.67. The summed E-state index contributed by atoms with van der Waals surface area (Å²) in [6.07, 6.45) is 51.3. The van der Waals surface area contributed by atoms with Crippen LogP contribution in [0.25, 0.3) is 0 Å². The van der Waals surface area contributed by atoms with Crippen LogP contribution in [0.3, 0.4) is 0 Å². The van der Waals surface area contributed by atoms with Crippen molar-refractivity contribution in [2.75, 3.05) is 46.9 Å². The molecule has 2 aliphatic rings. The summed E-state index contributed by atoms with van der Waals surface area (Å²) in [5.74, 6) is -0.454. The van der Waals surface area contributed by atoms with Gasteiger partial charge in [0, 0.05) is 32.5 Å². The third-order valence-corrected chi connectivity index (χ3v) is 11.5. The van der Waals surface area contributed by atoms with E-state index in [2.05, 4.69) is 50.3 Å². The molecule has 0 N–H and O–H groups in total. The molecule has 1 spiro atoms. The number of likely N-dealkylation sites (tertiary alicyclic amines) is 1. The number of ether oxygens (including phenoxy) is 3. The Hall–Kier alpha value is -1.63. The van der Waals surface area contributed by atoms with Crippen molar-refractivity contribution < 1.29 is 19.0 Å². The molecule has 2 heterocycles. The van der Waals surface area contributed by atoms with Crippen LogP contribution in [0, 0.1) is 0 Å². The second-order valence-corrected chi connectivity index (χ2v) is 16.9. The number of nitrogens with zero attached hydrogens (tertiary/aromatic N) is 2. The van der Waals surface area contributed by atoms with E-state index in [4.69, 9.17) is 14.2 Å². The monoisotopic (exact) mass is 757 g/mol. The predicted octanol–water partition coefficient (Wildman–Crippen LogP) is 13.9. The van der Waals surface area contributed by atoms with Crippen LogP contribution in [0.4, 0.5) is 4.79 Å². The molecule has 0 aromatic carbocycles. The molecule has 0 bridgehead atoms. The zero-order valence-corrected chi connectivity index (χ0v) is 36.2. The van der Waals surface area contributed by atoms with Gasteiger partial charge in [-0.05, 0) is 97.6 Å². The molecule has 6 heteroatoms. The average molecular weight is 757 g/mol. The quantitative estimate of drug-likeness (QED) is 0.0483. The minimum atomic E-state index is -0.454. The molecule has 1 atom stereocenters. The summed E-state index contributed by atoms with van der Waals surface area (Å²) in [5, 5.41) is 0. The first-order valence-electron chi connectivity index (χ1n) is 23.3. The Balaban J connectivity index is 1.67. The topological polar surface area (TPSA) is 51.2 Å². The van der Waals surface area contributed by atoms with Crippen molar-refractivity contribution in [3.63, 3.8) is 0 Å². The number of allylic oxidation sites excluding steroid dienone is 6. The van der Waals surface area contributed by atoms with Crippen molar-refractivity contribution in [2.24, 2.45) is 0 Å². The second kappa shape index (κ2) is 32.5. The highest BCUT2D eigenvalue weighted by atomic mass is 16.8. The fourth-order valence-corrected chi connectivity index (χ4v) is 7.86. The average Bonchev–Trinajstić information content (AvgIpc) is 3.51. The van der Waals surface area contributed by atoms with Gasteiger partial charge in [0.2, 0.25) is 0 Å². The molecular weight excluding hydrogens is 669 g/mol. The van der Waals surface area contributed by atoms with Gasteiger partial charge in [0.25, 0.3) is 0 Å². The van der Waals surface area contributed by atoms with E-state index in [9.17, 15) is 4.79 Å². The van der Waals surface area contributed by atoms with Crippen LogP contribution in [-0.4, -0.2) is 74.2 Å². The molecule has 1 unspecified atom stereocenters. The lowest BCUT2D eigenvalue weighted by Crippen LogP contribution is -2.49. The number of unbranched alkanes of at least 4 members (excludes halogenated alkanes) is 21. The molecular formula is C48H88N2O4. The zero-order chi connectivity index (χ0) is 38.8. The second-order valence-electron chi connectivity index (χ2n) is 16.9. The van der Waals surface area contributed by atoms with E-state index in [1.54, 1.807) is 0 Å². The van der Waals surface area contributed by atoms with Crippen LogP contribution in [0.1, 0.15) is 206 Å². The Labute approximate surface area is 335 Å². The summed E-state index contributed by atoms with van der Waals surface area (Å²) in [4.78, 5) is 16.6. The van der Waals surface area contributed by atoms with Crippen molar-refractivity contribution >= 4 is 6.09 Å². The smallest absolute Gasteiger partial charge is 0.409 e. The SMILES string of the molecule is CCCCC/C=C\C/C=C\CCCCCCCCC1(CCCCCCCC/C=C\CCCCCCCC)OCC2(CCN(C(=O)OCCN(C)C)CC2)O1. The van der Waals surface area contributed by atoms with Gasteiger partial charge in [-0.3, -0.25) is 0 Å². The van der Waals surface area contributed by atoms with E-state index in [0.717, 1.165) is 45.1 Å². The zero-order valence-electron chi connectivity index (χ0n) is 36.2. The van der Waals surface area contributed by atoms with Gasteiger partial charge < -0.3 is 24.0 Å². The maximum atomic E-state index is 12.7. The number of rotatable bonds is 34. The van der Waals surface area contributed by atoms with Gasteiger partial charge in [0.15, 0.2) is 5.79 Å². The van der Waals surface area contributed by atoms with Gasteiger partial charge in [-0.1, -0.05) is 147 Å². The lowest BCUT2D eigenvalue weighted by atomic mass is 9.92. The van der Waals surface area contributed by atoms with E-state index in [1.807, 2.05) is 23.9 Å². The van der Waals surface area contributed by atoms with E-state index < -0.39 is 5.79 Å². The van der Waals surface area contributed by atoms with Crippen LogP contribution < -0.4 is 0 Å². The summed E-state index contributed by atoms with van der Waals surface area (Å²) in [7, 11) is 3.99. The Morgan fingerprint density at radius 1 is 0.611 bits per heavy atom. The van der Waals surface area contributed by atoms with E-state index in [1.165, 1.54) is 154 Å². The molecule has 1 amide bonds. The highest BCUT2D eigenvalue weighted by Crippen LogP contribution is 2.44. The highest BCUT2D eigenvalue weighted by Gasteiger charge is 2.51. The van der Waals surface area contributed by atoms with E-state index >= 15 is 0 Å². The van der Waals surface area contributed by atoms with Gasteiger partial charge in [-0.2, -0.15) is 0 Å². The molecule has 6 nitrogen and oxygen atoms in total. The summed E-state index contributed by atoms with van der Waals surface area (Å²) in [6.45, 7) is 7.75. The van der Waals surface area contributed by atoms with Crippen molar-refractivity contribution in [3.8, 4) is 0 Å². The first-order valence-corrected chi connectivity index (χ1v) is 23.3. The minimum Gasteiger partial charge on any atom is -0.448 e. The summed E-state index contributed by atoms with van der Waals surface area (Å²) < 4.78 is 19.3. The van der Waals surface area contributed by atoms with Crippen LogP contribution >= 0.6 is 0 Å².